The third-order valence-corrected chi connectivity index (χ3v) is 5.09. The van der Waals surface area contributed by atoms with Gasteiger partial charge in [-0.05, 0) is 42.2 Å². The molecule has 23 heavy (non-hydrogen) atoms. The third kappa shape index (κ3) is 3.19. The monoisotopic (exact) mass is 385 g/mol. The average Bonchev–Trinajstić information content (AvgIpc) is 3.14. The molecule has 5 nitrogen and oxygen atoms in total. The molecule has 3 aromatic rings. The van der Waals surface area contributed by atoms with Crippen LogP contribution in [0.15, 0.2) is 28.1 Å². The van der Waals surface area contributed by atoms with E-state index in [-0.39, 0.29) is 0 Å². The number of aromatic nitrogens is 5. The van der Waals surface area contributed by atoms with Crippen LogP contribution >= 0.6 is 27.3 Å². The normalized spacial score (nSPS) is 14.1. The smallest absolute Gasteiger partial charge is 0.204 e. The van der Waals surface area contributed by atoms with Crippen LogP contribution in [-0.2, 0) is 0 Å². The highest BCUT2D eigenvalue weighted by Crippen LogP contribution is 2.36. The summed E-state index contributed by atoms with van der Waals surface area (Å²) in [5.41, 5.74) is 2.96. The Morgan fingerprint density at radius 2 is 2.13 bits per heavy atom. The highest BCUT2D eigenvalue weighted by Gasteiger charge is 2.21. The van der Waals surface area contributed by atoms with Gasteiger partial charge in [-0.25, -0.2) is 4.98 Å². The van der Waals surface area contributed by atoms with E-state index >= 15 is 0 Å². The van der Waals surface area contributed by atoms with Crippen LogP contribution in [0.2, 0.25) is 0 Å². The zero-order chi connectivity index (χ0) is 15.6. The van der Waals surface area contributed by atoms with Crippen LogP contribution in [0.4, 0.5) is 0 Å². The molecule has 0 spiro atoms. The maximum absolute atomic E-state index is 4.64. The lowest BCUT2D eigenvalue weighted by Gasteiger charge is -2.22. The molecule has 1 aliphatic carbocycles. The van der Waals surface area contributed by atoms with E-state index in [1.165, 1.54) is 25.0 Å². The van der Waals surface area contributed by atoms with Gasteiger partial charge in [-0.2, -0.15) is 5.21 Å². The Morgan fingerprint density at radius 1 is 1.22 bits per heavy atom. The van der Waals surface area contributed by atoms with Crippen molar-refractivity contribution in [1.29, 1.82) is 0 Å². The minimum atomic E-state index is 0.552. The molecule has 0 unspecified atom stereocenters. The van der Waals surface area contributed by atoms with Crippen LogP contribution in [-0.4, -0.2) is 25.6 Å². The number of thiazole rings is 1. The number of aromatic amines is 1. The fraction of sp³-hybridized carbons (Fsp3) is 0.250. The van der Waals surface area contributed by atoms with Crippen molar-refractivity contribution in [3.8, 4) is 23.2 Å². The molecule has 1 N–H and O–H groups in total. The van der Waals surface area contributed by atoms with Gasteiger partial charge in [0.15, 0.2) is 5.01 Å². The van der Waals surface area contributed by atoms with Crippen molar-refractivity contribution in [1.82, 2.24) is 25.6 Å². The first-order valence-electron chi connectivity index (χ1n) is 7.30. The molecule has 0 amide bonds. The lowest BCUT2D eigenvalue weighted by Crippen LogP contribution is -2.08. The minimum absolute atomic E-state index is 0.552. The molecule has 2 heterocycles. The topological polar surface area (TPSA) is 67.3 Å². The number of hydrogen-bond donors (Lipinski definition) is 1. The standard InChI is InChI=1S/C16H12BrN5S/c17-13-7-10(6-12(8-13)16-19-21-22-20-16)4-5-15-18-14(9-23-15)11-2-1-3-11/h6-9,11H,1-3H2,(H,19,20,21,22). The van der Waals surface area contributed by atoms with E-state index < -0.39 is 0 Å². The molecule has 4 rings (SSSR count). The predicted molar refractivity (Wildman–Crippen MR) is 92.0 cm³/mol. The maximum Gasteiger partial charge on any atom is 0.204 e. The number of tetrazole rings is 1. The molecule has 0 atom stereocenters. The van der Waals surface area contributed by atoms with E-state index in [1.54, 1.807) is 11.3 Å². The number of nitrogens with zero attached hydrogens (tertiary/aromatic N) is 4. The Bertz CT molecular complexity index is 887. The molecule has 1 saturated carbocycles. The zero-order valence-electron chi connectivity index (χ0n) is 12.1. The van der Waals surface area contributed by atoms with Gasteiger partial charge in [0.2, 0.25) is 5.82 Å². The Kier molecular flexibility index (Phi) is 3.93. The molecule has 1 aliphatic rings. The Balaban J connectivity index is 1.60. The SMILES string of the molecule is Brc1cc(C#Cc2nc(C3CCC3)cs2)cc(-c2nn[nH]n2)c1. The molecule has 0 radical (unpaired) electrons. The van der Waals surface area contributed by atoms with Crippen LogP contribution in [0.5, 0.6) is 0 Å². The van der Waals surface area contributed by atoms with Crippen LogP contribution in [0.3, 0.4) is 0 Å². The second-order valence-corrected chi connectivity index (χ2v) is 7.19. The number of H-pyrrole nitrogens is 1. The fourth-order valence-electron chi connectivity index (χ4n) is 2.44. The van der Waals surface area contributed by atoms with Gasteiger partial charge in [0.25, 0.3) is 0 Å². The minimum Gasteiger partial charge on any atom is -0.232 e. The fourth-order valence-corrected chi connectivity index (χ4v) is 3.67. The van der Waals surface area contributed by atoms with Crippen molar-refractivity contribution in [2.24, 2.45) is 0 Å². The Hall–Kier alpha value is -2.04. The number of benzene rings is 1. The van der Waals surface area contributed by atoms with Crippen molar-refractivity contribution < 1.29 is 0 Å². The largest absolute Gasteiger partial charge is 0.232 e. The molecule has 0 bridgehead atoms. The molecule has 114 valence electrons. The molecule has 1 aromatic carbocycles. The first-order chi connectivity index (χ1) is 11.3. The molecule has 7 heteroatoms. The van der Waals surface area contributed by atoms with Crippen molar-refractivity contribution >= 4 is 27.3 Å². The van der Waals surface area contributed by atoms with Crippen LogP contribution in [0.25, 0.3) is 11.4 Å². The Morgan fingerprint density at radius 3 is 2.87 bits per heavy atom. The van der Waals surface area contributed by atoms with Crippen LogP contribution < -0.4 is 0 Å². The van der Waals surface area contributed by atoms with Gasteiger partial charge in [-0.1, -0.05) is 28.3 Å². The number of rotatable bonds is 2. The lowest BCUT2D eigenvalue weighted by atomic mass is 9.83. The summed E-state index contributed by atoms with van der Waals surface area (Å²) >= 11 is 5.11. The van der Waals surface area contributed by atoms with Crippen LogP contribution in [0.1, 0.15) is 41.4 Å². The van der Waals surface area contributed by atoms with Gasteiger partial charge in [0.1, 0.15) is 0 Å². The van der Waals surface area contributed by atoms with Crippen molar-refractivity contribution in [2.45, 2.75) is 25.2 Å². The maximum atomic E-state index is 4.64. The van der Waals surface area contributed by atoms with E-state index in [0.29, 0.717) is 11.7 Å². The first kappa shape index (κ1) is 14.5. The van der Waals surface area contributed by atoms with Crippen LogP contribution in [0, 0.1) is 11.8 Å². The van der Waals surface area contributed by atoms with Gasteiger partial charge >= 0.3 is 0 Å². The molecular formula is C16H12BrN5S. The molecular weight excluding hydrogens is 374 g/mol. The zero-order valence-corrected chi connectivity index (χ0v) is 14.5. The summed E-state index contributed by atoms with van der Waals surface area (Å²) in [5.74, 6) is 7.53. The van der Waals surface area contributed by atoms with Crippen molar-refractivity contribution in [3.63, 3.8) is 0 Å². The second-order valence-electron chi connectivity index (χ2n) is 5.42. The number of nitrogens with one attached hydrogen (secondary N) is 1. The lowest BCUT2D eigenvalue weighted by molar-refractivity contribution is 0.412. The quantitative estimate of drug-likeness (QED) is 0.682. The van der Waals surface area contributed by atoms with E-state index in [9.17, 15) is 0 Å². The number of halogens is 1. The first-order valence-corrected chi connectivity index (χ1v) is 8.97. The summed E-state index contributed by atoms with van der Waals surface area (Å²) in [7, 11) is 0. The molecule has 0 saturated heterocycles. The van der Waals surface area contributed by atoms with E-state index in [0.717, 1.165) is 20.6 Å². The Labute approximate surface area is 145 Å². The van der Waals surface area contributed by atoms with Gasteiger partial charge in [-0.3, -0.25) is 0 Å². The second kappa shape index (κ2) is 6.22. The molecule has 1 fully saturated rings. The van der Waals surface area contributed by atoms with E-state index in [1.807, 2.05) is 18.2 Å². The highest BCUT2D eigenvalue weighted by atomic mass is 79.9. The summed E-state index contributed by atoms with van der Waals surface area (Å²) in [5, 5.41) is 17.1. The summed E-state index contributed by atoms with van der Waals surface area (Å²) in [6, 6.07) is 5.86. The third-order valence-electron chi connectivity index (χ3n) is 3.86. The van der Waals surface area contributed by atoms with Gasteiger partial charge in [-0.15, -0.1) is 21.5 Å². The number of hydrogen-bond acceptors (Lipinski definition) is 5. The summed E-state index contributed by atoms with van der Waals surface area (Å²) < 4.78 is 0.929. The van der Waals surface area contributed by atoms with Gasteiger partial charge < -0.3 is 0 Å². The van der Waals surface area contributed by atoms with Gasteiger partial charge in [0.05, 0.1) is 5.69 Å². The predicted octanol–water partition coefficient (Wildman–Crippen LogP) is 3.75. The van der Waals surface area contributed by atoms with E-state index in [2.05, 4.69) is 58.8 Å². The summed E-state index contributed by atoms with van der Waals surface area (Å²) in [6.45, 7) is 0. The van der Waals surface area contributed by atoms with Gasteiger partial charge in [0, 0.05) is 26.9 Å². The molecule has 0 aliphatic heterocycles. The molecule has 2 aromatic heterocycles. The summed E-state index contributed by atoms with van der Waals surface area (Å²) in [4.78, 5) is 4.64. The highest BCUT2D eigenvalue weighted by molar-refractivity contribution is 9.10. The van der Waals surface area contributed by atoms with E-state index in [4.69, 9.17) is 0 Å². The summed E-state index contributed by atoms with van der Waals surface area (Å²) in [6.07, 6.45) is 3.84. The van der Waals surface area contributed by atoms with Crippen molar-refractivity contribution in [2.75, 3.05) is 0 Å². The van der Waals surface area contributed by atoms with Crippen molar-refractivity contribution in [3.05, 3.63) is 44.3 Å². The average molecular weight is 386 g/mol.